The average Bonchev–Trinajstić information content (AvgIpc) is 2.27. The molecule has 0 aliphatic carbocycles. The molecule has 1 fully saturated rings. The fourth-order valence-electron chi connectivity index (χ4n) is 2.09. The molecule has 1 saturated heterocycles. The second-order valence-corrected chi connectivity index (χ2v) is 7.65. The van der Waals surface area contributed by atoms with E-state index in [1.54, 1.807) is 6.20 Å². The van der Waals surface area contributed by atoms with Crippen molar-refractivity contribution >= 4 is 37.3 Å². The van der Waals surface area contributed by atoms with E-state index >= 15 is 0 Å². The van der Waals surface area contributed by atoms with Crippen LogP contribution in [0.15, 0.2) is 10.7 Å². The molecule has 1 aromatic heterocycles. The minimum atomic E-state index is -2.91. The zero-order chi connectivity index (χ0) is 13.5. The zero-order valence-electron chi connectivity index (χ0n) is 10.4. The first kappa shape index (κ1) is 13.6. The summed E-state index contributed by atoms with van der Waals surface area (Å²) in [6, 6.07) is -0.0735. The number of nitrogen functional groups attached to an aromatic ring is 1. The summed E-state index contributed by atoms with van der Waals surface area (Å²) in [5.41, 5.74) is 7.35. The number of nitrogens with two attached hydrogens (primary N) is 1. The van der Waals surface area contributed by atoms with Crippen molar-refractivity contribution in [1.29, 1.82) is 0 Å². The van der Waals surface area contributed by atoms with Crippen molar-refractivity contribution in [3.63, 3.8) is 0 Å². The third kappa shape index (κ3) is 2.47. The van der Waals surface area contributed by atoms with Crippen LogP contribution in [0.5, 0.6) is 0 Å². The number of rotatable bonds is 1. The van der Waals surface area contributed by atoms with Gasteiger partial charge in [0, 0.05) is 12.6 Å². The number of pyridine rings is 1. The quantitative estimate of drug-likeness (QED) is 0.839. The van der Waals surface area contributed by atoms with E-state index in [-0.39, 0.29) is 17.5 Å². The van der Waals surface area contributed by atoms with Gasteiger partial charge in [-0.05, 0) is 35.3 Å². The average molecular weight is 334 g/mol. The molecule has 1 unspecified atom stereocenters. The molecule has 1 aromatic rings. The van der Waals surface area contributed by atoms with Gasteiger partial charge in [-0.15, -0.1) is 0 Å². The summed E-state index contributed by atoms with van der Waals surface area (Å²) >= 11 is 3.49. The second kappa shape index (κ2) is 4.70. The summed E-state index contributed by atoms with van der Waals surface area (Å²) in [4.78, 5) is 6.33. The van der Waals surface area contributed by atoms with Crippen LogP contribution in [-0.2, 0) is 9.84 Å². The van der Waals surface area contributed by atoms with Crippen molar-refractivity contribution in [3.05, 3.63) is 16.2 Å². The number of hydrogen-bond donors (Lipinski definition) is 1. The highest BCUT2D eigenvalue weighted by Crippen LogP contribution is 2.32. The SMILES string of the molecule is Cc1c(N)cnc(N2CCS(=O)(=O)CC2C)c1Br. The van der Waals surface area contributed by atoms with Crippen LogP contribution in [0, 0.1) is 6.92 Å². The summed E-state index contributed by atoms with van der Waals surface area (Å²) in [5.74, 6) is 1.11. The lowest BCUT2D eigenvalue weighted by Gasteiger charge is -2.35. The Bertz CT molecular complexity index is 574. The molecular formula is C11H16BrN3O2S. The molecule has 2 heterocycles. The number of sulfone groups is 1. The van der Waals surface area contributed by atoms with Gasteiger partial charge in [-0.1, -0.05) is 0 Å². The van der Waals surface area contributed by atoms with E-state index in [1.807, 2.05) is 18.7 Å². The van der Waals surface area contributed by atoms with E-state index in [0.717, 1.165) is 15.9 Å². The Morgan fingerprint density at radius 3 is 2.83 bits per heavy atom. The third-order valence-corrected chi connectivity index (χ3v) is 5.97. The van der Waals surface area contributed by atoms with Crippen molar-refractivity contribution < 1.29 is 8.42 Å². The number of anilines is 2. The molecule has 1 atom stereocenters. The van der Waals surface area contributed by atoms with E-state index in [9.17, 15) is 8.42 Å². The predicted molar refractivity (Wildman–Crippen MR) is 76.5 cm³/mol. The lowest BCUT2D eigenvalue weighted by Crippen LogP contribution is -2.47. The van der Waals surface area contributed by atoms with Gasteiger partial charge in [0.25, 0.3) is 0 Å². The summed E-state index contributed by atoms with van der Waals surface area (Å²) in [6.07, 6.45) is 1.62. The standard InChI is InChI=1S/C11H16BrN3O2S/c1-7-6-18(16,17)4-3-15(7)11-10(12)8(2)9(13)5-14-11/h5,7H,3-4,6,13H2,1-2H3. The van der Waals surface area contributed by atoms with Crippen LogP contribution in [0.25, 0.3) is 0 Å². The van der Waals surface area contributed by atoms with E-state index in [1.165, 1.54) is 0 Å². The highest BCUT2D eigenvalue weighted by Gasteiger charge is 2.30. The van der Waals surface area contributed by atoms with Gasteiger partial charge < -0.3 is 10.6 Å². The molecule has 1 aliphatic rings. The zero-order valence-corrected chi connectivity index (χ0v) is 12.8. The summed E-state index contributed by atoms with van der Waals surface area (Å²) in [7, 11) is -2.91. The van der Waals surface area contributed by atoms with E-state index < -0.39 is 9.84 Å². The van der Waals surface area contributed by atoms with E-state index in [4.69, 9.17) is 5.73 Å². The molecule has 0 amide bonds. The van der Waals surface area contributed by atoms with Crippen LogP contribution in [0.4, 0.5) is 11.5 Å². The molecular weight excluding hydrogens is 318 g/mol. The van der Waals surface area contributed by atoms with E-state index in [0.29, 0.717) is 12.2 Å². The molecule has 0 bridgehead atoms. The number of hydrogen-bond acceptors (Lipinski definition) is 5. The molecule has 1 aliphatic heterocycles. The van der Waals surface area contributed by atoms with Crippen LogP contribution in [-0.4, -0.2) is 37.5 Å². The van der Waals surface area contributed by atoms with Crippen molar-refractivity contribution in [2.45, 2.75) is 19.9 Å². The van der Waals surface area contributed by atoms with Gasteiger partial charge in [0.05, 0.1) is 27.9 Å². The van der Waals surface area contributed by atoms with Gasteiger partial charge in [-0.25, -0.2) is 13.4 Å². The Hall–Kier alpha value is -0.820. The Kier molecular flexibility index (Phi) is 3.55. The van der Waals surface area contributed by atoms with Crippen molar-refractivity contribution in [3.8, 4) is 0 Å². The number of aromatic nitrogens is 1. The van der Waals surface area contributed by atoms with Crippen molar-refractivity contribution in [1.82, 2.24) is 4.98 Å². The molecule has 0 aromatic carbocycles. The molecule has 100 valence electrons. The maximum Gasteiger partial charge on any atom is 0.154 e. The number of nitrogens with zero attached hydrogens (tertiary/aromatic N) is 2. The largest absolute Gasteiger partial charge is 0.397 e. The fraction of sp³-hybridized carbons (Fsp3) is 0.545. The Labute approximate surface area is 115 Å². The maximum absolute atomic E-state index is 11.6. The maximum atomic E-state index is 11.6. The first-order chi connectivity index (χ1) is 8.32. The Morgan fingerprint density at radius 1 is 1.56 bits per heavy atom. The van der Waals surface area contributed by atoms with Gasteiger partial charge in [-0.3, -0.25) is 0 Å². The monoisotopic (exact) mass is 333 g/mol. The Morgan fingerprint density at radius 2 is 2.22 bits per heavy atom. The highest BCUT2D eigenvalue weighted by atomic mass is 79.9. The smallest absolute Gasteiger partial charge is 0.154 e. The minimum absolute atomic E-state index is 0.0735. The van der Waals surface area contributed by atoms with Crippen LogP contribution in [0.2, 0.25) is 0 Å². The van der Waals surface area contributed by atoms with Gasteiger partial charge in [-0.2, -0.15) is 0 Å². The minimum Gasteiger partial charge on any atom is -0.397 e. The summed E-state index contributed by atoms with van der Waals surface area (Å²) < 4.78 is 24.0. The fourth-order valence-corrected chi connectivity index (χ4v) is 4.21. The molecule has 5 nitrogen and oxygen atoms in total. The van der Waals surface area contributed by atoms with Gasteiger partial charge in [0.2, 0.25) is 0 Å². The molecule has 7 heteroatoms. The molecule has 2 rings (SSSR count). The topological polar surface area (TPSA) is 76.3 Å². The number of halogens is 1. The van der Waals surface area contributed by atoms with Gasteiger partial charge in [0.1, 0.15) is 5.82 Å². The lowest BCUT2D eigenvalue weighted by molar-refractivity contribution is 0.566. The first-order valence-electron chi connectivity index (χ1n) is 5.69. The van der Waals surface area contributed by atoms with Gasteiger partial charge >= 0.3 is 0 Å². The third-order valence-electron chi connectivity index (χ3n) is 3.23. The summed E-state index contributed by atoms with van der Waals surface area (Å²) in [5, 5.41) is 0. The molecule has 0 spiro atoms. The first-order valence-corrected chi connectivity index (χ1v) is 8.31. The van der Waals surface area contributed by atoms with Crippen LogP contribution < -0.4 is 10.6 Å². The van der Waals surface area contributed by atoms with E-state index in [2.05, 4.69) is 20.9 Å². The molecule has 18 heavy (non-hydrogen) atoms. The van der Waals surface area contributed by atoms with Crippen LogP contribution in [0.1, 0.15) is 12.5 Å². The Balaban J connectivity index is 2.36. The lowest BCUT2D eigenvalue weighted by atomic mass is 10.2. The van der Waals surface area contributed by atoms with Gasteiger partial charge in [0.15, 0.2) is 9.84 Å². The highest BCUT2D eigenvalue weighted by molar-refractivity contribution is 9.10. The van der Waals surface area contributed by atoms with Crippen LogP contribution in [0.3, 0.4) is 0 Å². The molecule has 0 saturated carbocycles. The van der Waals surface area contributed by atoms with Crippen molar-refractivity contribution in [2.75, 3.05) is 28.7 Å². The summed E-state index contributed by atoms with van der Waals surface area (Å²) in [6.45, 7) is 4.28. The normalized spacial score (nSPS) is 23.1. The predicted octanol–water partition coefficient (Wildman–Crippen LogP) is 1.36. The van der Waals surface area contributed by atoms with Crippen molar-refractivity contribution in [2.24, 2.45) is 0 Å². The second-order valence-electron chi connectivity index (χ2n) is 4.63. The molecule has 0 radical (unpaired) electrons. The molecule has 2 N–H and O–H groups in total. The van der Waals surface area contributed by atoms with Crippen LogP contribution >= 0.6 is 15.9 Å².